The monoisotopic (exact) mass is 388 g/mol. The van der Waals surface area contributed by atoms with Gasteiger partial charge in [0.05, 0.1) is 0 Å². The van der Waals surface area contributed by atoms with Gasteiger partial charge >= 0.3 is 0 Å². The van der Waals surface area contributed by atoms with E-state index >= 15 is 0 Å². The van der Waals surface area contributed by atoms with Crippen LogP contribution in [-0.2, 0) is 9.59 Å². The van der Waals surface area contributed by atoms with Gasteiger partial charge in [-0.1, -0.05) is 6.92 Å². The summed E-state index contributed by atoms with van der Waals surface area (Å²) in [7, 11) is 0. The first kappa shape index (κ1) is 18.9. The van der Waals surface area contributed by atoms with E-state index in [1.807, 2.05) is 9.80 Å². The Morgan fingerprint density at radius 2 is 1.14 bits per heavy atom. The van der Waals surface area contributed by atoms with Crippen molar-refractivity contribution < 1.29 is 9.59 Å². The molecule has 0 bridgehead atoms. The van der Waals surface area contributed by atoms with E-state index in [4.69, 9.17) is 11.5 Å². The van der Waals surface area contributed by atoms with E-state index in [-0.39, 0.29) is 35.7 Å². The molecule has 0 radical (unpaired) electrons. The molecule has 0 aromatic rings. The zero-order valence-electron chi connectivity index (χ0n) is 17.1. The molecule has 28 heavy (non-hydrogen) atoms. The van der Waals surface area contributed by atoms with Gasteiger partial charge < -0.3 is 21.3 Å². The van der Waals surface area contributed by atoms with Gasteiger partial charge in [0.15, 0.2) is 0 Å². The molecule has 8 atom stereocenters. The molecule has 5 aliphatic rings. The molecule has 2 aliphatic heterocycles. The van der Waals surface area contributed by atoms with Crippen molar-refractivity contribution in [3.8, 4) is 0 Å². The van der Waals surface area contributed by atoms with Crippen molar-refractivity contribution in [3.05, 3.63) is 0 Å². The van der Waals surface area contributed by atoms with E-state index in [2.05, 4.69) is 6.92 Å². The van der Waals surface area contributed by atoms with E-state index in [1.165, 1.54) is 0 Å². The smallest absolute Gasteiger partial charge is 0.226 e. The lowest BCUT2D eigenvalue weighted by Crippen LogP contribution is -2.43. The van der Waals surface area contributed by atoms with Gasteiger partial charge in [-0.05, 0) is 68.1 Å². The van der Waals surface area contributed by atoms with Crippen LogP contribution in [0.5, 0.6) is 0 Å². The minimum atomic E-state index is -0.133. The minimum Gasteiger partial charge on any atom is -0.342 e. The average molecular weight is 389 g/mol. The highest BCUT2D eigenvalue weighted by molar-refractivity contribution is 5.88. The number of likely N-dealkylation sites (tertiary alicyclic amines) is 2. The van der Waals surface area contributed by atoms with E-state index in [9.17, 15) is 9.59 Å². The second kappa shape index (κ2) is 6.98. The molecule has 2 amide bonds. The SMILES string of the molecule is CC1CC(C(=O)N2CC3CCC(N)C3C2)C(C(=O)N2CC3CCC(N)C3C2)C1. The Bertz CT molecular complexity index is 600. The van der Waals surface area contributed by atoms with Gasteiger partial charge in [0, 0.05) is 50.1 Å². The van der Waals surface area contributed by atoms with E-state index in [1.54, 1.807) is 0 Å². The average Bonchev–Trinajstić information content (AvgIpc) is 3.44. The molecule has 3 aliphatic carbocycles. The standard InChI is InChI=1S/C22H36N4O2/c1-12-6-15(21(27)25-8-13-2-4-19(23)17(13)10-25)16(7-12)22(28)26-9-14-3-5-20(24)18(14)11-26/h12-20H,2-11,23-24H2,1H3. The van der Waals surface area contributed by atoms with Gasteiger partial charge in [0.2, 0.25) is 11.8 Å². The molecule has 3 saturated carbocycles. The zero-order valence-corrected chi connectivity index (χ0v) is 17.1. The maximum absolute atomic E-state index is 13.4. The van der Waals surface area contributed by atoms with Crippen LogP contribution in [0, 0.1) is 41.4 Å². The molecule has 2 saturated heterocycles. The fourth-order valence-corrected chi connectivity index (χ4v) is 7.28. The number of nitrogens with two attached hydrogens (primary N) is 2. The first-order valence-corrected chi connectivity index (χ1v) is 11.5. The predicted octanol–water partition coefficient (Wildman–Crippen LogP) is 1.04. The highest BCUT2D eigenvalue weighted by Crippen LogP contribution is 2.44. The van der Waals surface area contributed by atoms with Crippen LogP contribution < -0.4 is 11.5 Å². The van der Waals surface area contributed by atoms with E-state index < -0.39 is 0 Å². The summed E-state index contributed by atoms with van der Waals surface area (Å²) in [6, 6.07) is 0.492. The first-order chi connectivity index (χ1) is 13.4. The first-order valence-electron chi connectivity index (χ1n) is 11.5. The molecule has 4 N–H and O–H groups in total. The quantitative estimate of drug-likeness (QED) is 0.739. The molecule has 5 fully saturated rings. The van der Waals surface area contributed by atoms with Crippen LogP contribution >= 0.6 is 0 Å². The summed E-state index contributed by atoms with van der Waals surface area (Å²) in [5.74, 6) is 2.71. The van der Waals surface area contributed by atoms with Gasteiger partial charge in [-0.3, -0.25) is 9.59 Å². The highest BCUT2D eigenvalue weighted by atomic mass is 16.2. The number of amides is 2. The van der Waals surface area contributed by atoms with Crippen molar-refractivity contribution in [3.63, 3.8) is 0 Å². The van der Waals surface area contributed by atoms with Gasteiger partial charge in [-0.2, -0.15) is 0 Å². The molecule has 6 heteroatoms. The van der Waals surface area contributed by atoms with Crippen LogP contribution in [0.2, 0.25) is 0 Å². The molecule has 6 nitrogen and oxygen atoms in total. The molecule has 0 aromatic carbocycles. The van der Waals surface area contributed by atoms with E-state index in [0.29, 0.717) is 29.6 Å². The second-order valence-electron chi connectivity index (χ2n) is 10.6. The largest absolute Gasteiger partial charge is 0.342 e. The van der Waals surface area contributed by atoms with Crippen LogP contribution in [0.3, 0.4) is 0 Å². The molecule has 156 valence electrons. The summed E-state index contributed by atoms with van der Waals surface area (Å²) in [6.07, 6.45) is 6.20. The lowest BCUT2D eigenvalue weighted by molar-refractivity contribution is -0.144. The van der Waals surface area contributed by atoms with Crippen molar-refractivity contribution in [2.75, 3.05) is 26.2 Å². The summed E-state index contributed by atoms with van der Waals surface area (Å²) >= 11 is 0. The van der Waals surface area contributed by atoms with Gasteiger partial charge in [-0.25, -0.2) is 0 Å². The van der Waals surface area contributed by atoms with Crippen molar-refractivity contribution >= 4 is 11.8 Å². The number of carbonyl (C=O) groups is 2. The molecule has 8 unspecified atom stereocenters. The van der Waals surface area contributed by atoms with Crippen molar-refractivity contribution in [1.82, 2.24) is 9.80 Å². The molecule has 0 aromatic heterocycles. The van der Waals surface area contributed by atoms with E-state index in [0.717, 1.165) is 64.7 Å². The lowest BCUT2D eigenvalue weighted by Gasteiger charge is -2.28. The lowest BCUT2D eigenvalue weighted by atomic mass is 9.93. The Labute approximate surface area is 168 Å². The van der Waals surface area contributed by atoms with Crippen LogP contribution in [-0.4, -0.2) is 59.9 Å². The molecule has 0 spiro atoms. The van der Waals surface area contributed by atoms with Crippen molar-refractivity contribution in [1.29, 1.82) is 0 Å². The third-order valence-corrected chi connectivity index (χ3v) is 8.88. The van der Waals surface area contributed by atoms with Crippen LogP contribution in [0.1, 0.15) is 45.4 Å². The Balaban J connectivity index is 1.27. The summed E-state index contributed by atoms with van der Waals surface area (Å²) in [6.45, 7) is 5.51. The Morgan fingerprint density at radius 1 is 0.714 bits per heavy atom. The zero-order chi connectivity index (χ0) is 19.6. The van der Waals surface area contributed by atoms with Gasteiger partial charge in [0.1, 0.15) is 0 Å². The molecule has 2 heterocycles. The number of fused-ring (bicyclic) bond motifs is 2. The Kier molecular flexibility index (Phi) is 4.70. The highest BCUT2D eigenvalue weighted by Gasteiger charge is 2.50. The maximum Gasteiger partial charge on any atom is 0.226 e. The summed E-state index contributed by atoms with van der Waals surface area (Å²) in [4.78, 5) is 30.9. The Morgan fingerprint density at radius 3 is 1.54 bits per heavy atom. The summed E-state index contributed by atoms with van der Waals surface area (Å²) < 4.78 is 0. The molecular weight excluding hydrogens is 352 g/mol. The third-order valence-electron chi connectivity index (χ3n) is 8.88. The van der Waals surface area contributed by atoms with Crippen molar-refractivity contribution in [2.24, 2.45) is 52.9 Å². The number of hydrogen-bond acceptors (Lipinski definition) is 4. The topological polar surface area (TPSA) is 92.7 Å². The second-order valence-corrected chi connectivity index (χ2v) is 10.6. The third kappa shape index (κ3) is 2.98. The molecule has 5 rings (SSSR count). The van der Waals surface area contributed by atoms with Crippen LogP contribution in [0.15, 0.2) is 0 Å². The number of nitrogens with zero attached hydrogens (tertiary/aromatic N) is 2. The maximum atomic E-state index is 13.4. The number of hydrogen-bond donors (Lipinski definition) is 2. The fourth-order valence-electron chi connectivity index (χ4n) is 7.28. The Hall–Kier alpha value is -1.14. The summed E-state index contributed by atoms with van der Waals surface area (Å²) in [5, 5.41) is 0. The number of carbonyl (C=O) groups excluding carboxylic acids is 2. The normalized spacial score (nSPS) is 47.6. The van der Waals surface area contributed by atoms with Crippen LogP contribution in [0.25, 0.3) is 0 Å². The molecular formula is C22H36N4O2. The summed E-state index contributed by atoms with van der Waals surface area (Å²) in [5.41, 5.74) is 12.5. The van der Waals surface area contributed by atoms with Gasteiger partial charge in [0.25, 0.3) is 0 Å². The number of rotatable bonds is 2. The predicted molar refractivity (Wildman–Crippen MR) is 107 cm³/mol. The van der Waals surface area contributed by atoms with Gasteiger partial charge in [-0.15, -0.1) is 0 Å². The fraction of sp³-hybridized carbons (Fsp3) is 0.909. The van der Waals surface area contributed by atoms with Crippen molar-refractivity contribution in [2.45, 2.75) is 57.5 Å². The minimum absolute atomic E-state index is 0.133. The van der Waals surface area contributed by atoms with Crippen LogP contribution in [0.4, 0.5) is 0 Å².